The average molecular weight is 247 g/mol. The van der Waals surface area contributed by atoms with E-state index in [1.54, 1.807) is 11.8 Å². The first kappa shape index (κ1) is 12.5. The molecule has 1 aromatic heterocycles. The average Bonchev–Trinajstić information content (AvgIpc) is 2.79. The lowest BCUT2D eigenvalue weighted by Crippen LogP contribution is -2.33. The van der Waals surface area contributed by atoms with Gasteiger partial charge in [0.1, 0.15) is 0 Å². The molecule has 1 aromatic carbocycles. The van der Waals surface area contributed by atoms with Crippen LogP contribution < -0.4 is 5.73 Å². The van der Waals surface area contributed by atoms with Gasteiger partial charge in [-0.05, 0) is 36.4 Å². The predicted octanol–water partition coefficient (Wildman–Crippen LogP) is 1.30. The van der Waals surface area contributed by atoms with Crippen molar-refractivity contribution >= 4 is 5.69 Å². The number of ether oxygens (including phenoxy) is 1. The summed E-state index contributed by atoms with van der Waals surface area (Å²) in [6.07, 6.45) is 0. The fraction of sp³-hybridized carbons (Fsp3) is 0.417. The van der Waals surface area contributed by atoms with E-state index >= 15 is 0 Å². The summed E-state index contributed by atoms with van der Waals surface area (Å²) in [4.78, 5) is 0. The molecule has 2 rings (SSSR count). The maximum Gasteiger partial charge on any atom is 0.184 e. The van der Waals surface area contributed by atoms with Crippen molar-refractivity contribution in [3.8, 4) is 11.4 Å². The monoisotopic (exact) mass is 247 g/mol. The maximum absolute atomic E-state index is 5.96. The van der Waals surface area contributed by atoms with Crippen LogP contribution in [0.25, 0.3) is 11.4 Å². The molecule has 0 aliphatic carbocycles. The van der Waals surface area contributed by atoms with Crippen molar-refractivity contribution in [1.29, 1.82) is 0 Å². The highest BCUT2D eigenvalue weighted by atomic mass is 16.5. The highest BCUT2D eigenvalue weighted by Crippen LogP contribution is 2.26. The summed E-state index contributed by atoms with van der Waals surface area (Å²) in [7, 11) is 1.66. The topological polar surface area (TPSA) is 78.8 Å². The second-order valence-electron chi connectivity index (χ2n) is 4.75. The van der Waals surface area contributed by atoms with Crippen LogP contribution in [0.1, 0.15) is 13.8 Å². The molecule has 0 radical (unpaired) electrons. The van der Waals surface area contributed by atoms with Crippen LogP contribution in [0.2, 0.25) is 0 Å². The molecular weight excluding hydrogens is 230 g/mol. The van der Waals surface area contributed by atoms with Crippen molar-refractivity contribution < 1.29 is 4.74 Å². The van der Waals surface area contributed by atoms with E-state index in [9.17, 15) is 0 Å². The van der Waals surface area contributed by atoms with Crippen molar-refractivity contribution in [2.24, 2.45) is 0 Å². The van der Waals surface area contributed by atoms with Gasteiger partial charge in [0.2, 0.25) is 0 Å². The Kier molecular flexibility index (Phi) is 3.29. The first-order valence-corrected chi connectivity index (χ1v) is 5.69. The highest BCUT2D eigenvalue weighted by Gasteiger charge is 2.26. The Labute approximate surface area is 106 Å². The summed E-state index contributed by atoms with van der Waals surface area (Å²) < 4.78 is 6.94. The molecule has 18 heavy (non-hydrogen) atoms. The zero-order chi connectivity index (χ0) is 13.2. The van der Waals surface area contributed by atoms with Crippen LogP contribution in [0.5, 0.6) is 0 Å². The van der Waals surface area contributed by atoms with E-state index in [2.05, 4.69) is 15.5 Å². The quantitative estimate of drug-likeness (QED) is 0.824. The van der Waals surface area contributed by atoms with Crippen molar-refractivity contribution in [3.05, 3.63) is 24.3 Å². The van der Waals surface area contributed by atoms with Crippen LogP contribution in [0.3, 0.4) is 0 Å². The number of para-hydroxylation sites is 1. The summed E-state index contributed by atoms with van der Waals surface area (Å²) in [6.45, 7) is 4.53. The maximum atomic E-state index is 5.96. The van der Waals surface area contributed by atoms with Crippen LogP contribution >= 0.6 is 0 Å². The van der Waals surface area contributed by atoms with Crippen LogP contribution in [0, 0.1) is 0 Å². The second-order valence-corrected chi connectivity index (χ2v) is 4.75. The van der Waals surface area contributed by atoms with Crippen molar-refractivity contribution in [2.75, 3.05) is 19.5 Å². The van der Waals surface area contributed by atoms with E-state index in [-0.39, 0.29) is 5.54 Å². The number of hydrogen-bond acceptors (Lipinski definition) is 5. The Morgan fingerprint density at radius 1 is 1.33 bits per heavy atom. The third-order valence-electron chi connectivity index (χ3n) is 2.74. The van der Waals surface area contributed by atoms with Crippen LogP contribution in [-0.4, -0.2) is 33.9 Å². The molecule has 0 bridgehead atoms. The Morgan fingerprint density at radius 2 is 2.06 bits per heavy atom. The van der Waals surface area contributed by atoms with Gasteiger partial charge in [0.05, 0.1) is 12.1 Å². The fourth-order valence-corrected chi connectivity index (χ4v) is 1.88. The fourth-order valence-electron chi connectivity index (χ4n) is 1.88. The molecule has 1 heterocycles. The predicted molar refractivity (Wildman–Crippen MR) is 68.9 cm³/mol. The summed E-state index contributed by atoms with van der Waals surface area (Å²) >= 11 is 0. The van der Waals surface area contributed by atoms with E-state index in [1.807, 2.05) is 38.1 Å². The Balaban J connectivity index is 2.49. The molecule has 0 atom stereocenters. The molecule has 0 aliphatic rings. The molecule has 0 fully saturated rings. The van der Waals surface area contributed by atoms with Gasteiger partial charge in [-0.3, -0.25) is 0 Å². The van der Waals surface area contributed by atoms with Gasteiger partial charge in [-0.1, -0.05) is 12.1 Å². The number of nitrogens with zero attached hydrogens (tertiary/aromatic N) is 4. The van der Waals surface area contributed by atoms with E-state index in [4.69, 9.17) is 10.5 Å². The smallest absolute Gasteiger partial charge is 0.184 e. The number of hydrogen-bond donors (Lipinski definition) is 1. The van der Waals surface area contributed by atoms with Crippen molar-refractivity contribution in [2.45, 2.75) is 19.4 Å². The molecule has 0 spiro atoms. The van der Waals surface area contributed by atoms with Crippen molar-refractivity contribution in [1.82, 2.24) is 20.2 Å². The summed E-state index contributed by atoms with van der Waals surface area (Å²) in [5, 5.41) is 11.8. The number of methoxy groups -OCH3 is 1. The number of anilines is 1. The molecule has 96 valence electrons. The lowest BCUT2D eigenvalue weighted by Gasteiger charge is -2.24. The van der Waals surface area contributed by atoms with E-state index < -0.39 is 0 Å². The van der Waals surface area contributed by atoms with Crippen LogP contribution in [0.15, 0.2) is 24.3 Å². The van der Waals surface area contributed by atoms with Gasteiger partial charge in [0, 0.05) is 18.4 Å². The first-order chi connectivity index (χ1) is 8.56. The van der Waals surface area contributed by atoms with Gasteiger partial charge in [0.25, 0.3) is 0 Å². The molecule has 2 N–H and O–H groups in total. The zero-order valence-corrected chi connectivity index (χ0v) is 10.8. The molecule has 0 aliphatic heterocycles. The van der Waals surface area contributed by atoms with E-state index in [0.29, 0.717) is 18.1 Å². The standard InChI is InChI=1S/C12H17N5O/c1-12(2,8-18-3)17-11(14-15-16-17)9-6-4-5-7-10(9)13/h4-7H,8,13H2,1-3H3. The van der Waals surface area contributed by atoms with Crippen molar-refractivity contribution in [3.63, 3.8) is 0 Å². The molecule has 0 saturated carbocycles. The number of tetrazole rings is 1. The van der Waals surface area contributed by atoms with Gasteiger partial charge in [-0.2, -0.15) is 0 Å². The summed E-state index contributed by atoms with van der Waals surface area (Å²) in [5.41, 5.74) is 7.10. The third-order valence-corrected chi connectivity index (χ3v) is 2.74. The number of rotatable bonds is 4. The molecule has 2 aromatic rings. The first-order valence-electron chi connectivity index (χ1n) is 5.69. The van der Waals surface area contributed by atoms with Crippen LogP contribution in [-0.2, 0) is 10.3 Å². The molecule has 6 heteroatoms. The van der Waals surface area contributed by atoms with Gasteiger partial charge >= 0.3 is 0 Å². The minimum atomic E-state index is -0.337. The normalized spacial score (nSPS) is 11.7. The number of nitrogen functional groups attached to an aromatic ring is 1. The third kappa shape index (κ3) is 2.19. The Hall–Kier alpha value is -1.95. The largest absolute Gasteiger partial charge is 0.398 e. The van der Waals surface area contributed by atoms with Gasteiger partial charge in [-0.25, -0.2) is 4.68 Å². The lowest BCUT2D eigenvalue weighted by atomic mass is 10.1. The number of benzene rings is 1. The number of aromatic nitrogens is 4. The zero-order valence-electron chi connectivity index (χ0n) is 10.8. The highest BCUT2D eigenvalue weighted by molar-refractivity contribution is 5.71. The van der Waals surface area contributed by atoms with Gasteiger partial charge < -0.3 is 10.5 Å². The molecule has 0 amide bonds. The molecule has 0 unspecified atom stereocenters. The molecule has 0 saturated heterocycles. The Bertz CT molecular complexity index is 535. The second kappa shape index (κ2) is 4.73. The van der Waals surface area contributed by atoms with Crippen LogP contribution in [0.4, 0.5) is 5.69 Å². The number of nitrogens with two attached hydrogens (primary N) is 1. The van der Waals surface area contributed by atoms with E-state index in [0.717, 1.165) is 5.56 Å². The summed E-state index contributed by atoms with van der Waals surface area (Å²) in [5.74, 6) is 0.648. The minimum absolute atomic E-state index is 0.337. The SMILES string of the molecule is COCC(C)(C)n1nnnc1-c1ccccc1N. The Morgan fingerprint density at radius 3 is 2.72 bits per heavy atom. The van der Waals surface area contributed by atoms with E-state index in [1.165, 1.54) is 0 Å². The molecular formula is C12H17N5O. The van der Waals surface area contributed by atoms with Gasteiger partial charge in [0.15, 0.2) is 5.82 Å². The lowest BCUT2D eigenvalue weighted by molar-refractivity contribution is 0.101. The minimum Gasteiger partial charge on any atom is -0.398 e. The summed E-state index contributed by atoms with van der Waals surface area (Å²) in [6, 6.07) is 7.53. The van der Waals surface area contributed by atoms with Gasteiger partial charge in [-0.15, -0.1) is 5.10 Å². The molecule has 6 nitrogen and oxygen atoms in total.